The third-order valence-corrected chi connectivity index (χ3v) is 7.09. The molecule has 9 heteroatoms. The Kier molecular flexibility index (Phi) is 5.28. The van der Waals surface area contributed by atoms with Crippen molar-refractivity contribution in [2.75, 3.05) is 31.7 Å². The van der Waals surface area contributed by atoms with E-state index in [1.54, 1.807) is 60.7 Å². The van der Waals surface area contributed by atoms with Crippen LogP contribution in [0.25, 0.3) is 11.7 Å². The van der Waals surface area contributed by atoms with Crippen LogP contribution in [0.15, 0.2) is 67.7 Å². The molecule has 7 nitrogen and oxygen atoms in total. The number of hydrogen-bond acceptors (Lipinski definition) is 6. The highest BCUT2D eigenvalue weighted by atomic mass is 79.9. The van der Waals surface area contributed by atoms with Crippen LogP contribution in [0.5, 0.6) is 0 Å². The lowest BCUT2D eigenvalue weighted by atomic mass is 10.2. The first-order valence-electron chi connectivity index (χ1n) is 8.88. The third kappa shape index (κ3) is 3.61. The zero-order chi connectivity index (χ0) is 20.6. The van der Waals surface area contributed by atoms with Gasteiger partial charge in [-0.3, -0.25) is 9.20 Å². The van der Waals surface area contributed by atoms with Gasteiger partial charge in [-0.15, -0.1) is 0 Å². The molecule has 0 bridgehead atoms. The van der Waals surface area contributed by atoms with Crippen molar-refractivity contribution in [2.24, 2.45) is 0 Å². The average Bonchev–Trinajstić information content (AvgIpc) is 2.72. The van der Waals surface area contributed by atoms with Crippen molar-refractivity contribution in [3.8, 4) is 0 Å². The molecular weight excluding hydrogens is 458 g/mol. The number of sulfone groups is 1. The molecule has 0 amide bonds. The number of anilines is 1. The van der Waals surface area contributed by atoms with Gasteiger partial charge in [-0.05, 0) is 42.5 Å². The Hall–Kier alpha value is -2.49. The molecular formula is C20H18BrN3O4S. The molecule has 29 heavy (non-hydrogen) atoms. The molecule has 0 N–H and O–H groups in total. The standard InChI is InChI=1S/C20H18BrN3O4S/c1-28-11-10-23-13-16(29(26,27)15-7-5-14(21)6-8-15)12-17-19(23)22-18-4-2-3-9-24(18)20(17)25/h2-9,12H,10-11,13H2,1H3. The van der Waals surface area contributed by atoms with E-state index < -0.39 is 9.84 Å². The van der Waals surface area contributed by atoms with Gasteiger partial charge in [0.15, 0.2) is 0 Å². The summed E-state index contributed by atoms with van der Waals surface area (Å²) in [6, 6.07) is 11.7. The number of nitrogens with zero attached hydrogens (tertiary/aromatic N) is 3. The molecule has 0 saturated heterocycles. The summed E-state index contributed by atoms with van der Waals surface area (Å²) in [6.07, 6.45) is 3.07. The monoisotopic (exact) mass is 475 g/mol. The number of halogens is 1. The first-order chi connectivity index (χ1) is 13.9. The van der Waals surface area contributed by atoms with Gasteiger partial charge in [0.05, 0.1) is 28.5 Å². The molecule has 0 atom stereocenters. The molecule has 1 aliphatic heterocycles. The van der Waals surface area contributed by atoms with Gasteiger partial charge in [-0.1, -0.05) is 22.0 Å². The summed E-state index contributed by atoms with van der Waals surface area (Å²) in [5.41, 5.74) is 0.453. The van der Waals surface area contributed by atoms with E-state index in [9.17, 15) is 13.2 Å². The second-order valence-corrected chi connectivity index (χ2v) is 9.48. The lowest BCUT2D eigenvalue weighted by Crippen LogP contribution is -2.37. The van der Waals surface area contributed by atoms with Gasteiger partial charge in [0.2, 0.25) is 9.84 Å². The number of aromatic nitrogens is 2. The van der Waals surface area contributed by atoms with Crippen LogP contribution < -0.4 is 10.5 Å². The van der Waals surface area contributed by atoms with Crippen LogP contribution in [0, 0.1) is 0 Å². The minimum atomic E-state index is -3.77. The molecule has 0 radical (unpaired) electrons. The van der Waals surface area contributed by atoms with Gasteiger partial charge < -0.3 is 9.64 Å². The second kappa shape index (κ2) is 7.74. The predicted octanol–water partition coefficient (Wildman–Crippen LogP) is 2.74. The van der Waals surface area contributed by atoms with Gasteiger partial charge >= 0.3 is 0 Å². The van der Waals surface area contributed by atoms with Gasteiger partial charge in [-0.25, -0.2) is 13.4 Å². The summed E-state index contributed by atoms with van der Waals surface area (Å²) in [5, 5.41) is 0. The number of rotatable bonds is 5. The summed E-state index contributed by atoms with van der Waals surface area (Å²) in [4.78, 5) is 19.8. The smallest absolute Gasteiger partial charge is 0.267 e. The highest BCUT2D eigenvalue weighted by Gasteiger charge is 2.30. The van der Waals surface area contributed by atoms with E-state index in [1.807, 2.05) is 0 Å². The van der Waals surface area contributed by atoms with Gasteiger partial charge in [0.1, 0.15) is 11.5 Å². The molecule has 4 rings (SSSR count). The van der Waals surface area contributed by atoms with Crippen molar-refractivity contribution in [1.29, 1.82) is 0 Å². The van der Waals surface area contributed by atoms with E-state index in [4.69, 9.17) is 4.74 Å². The van der Waals surface area contributed by atoms with E-state index in [1.165, 1.54) is 10.5 Å². The lowest BCUT2D eigenvalue weighted by Gasteiger charge is -2.29. The topological polar surface area (TPSA) is 81.0 Å². The number of benzene rings is 1. The molecule has 150 valence electrons. The summed E-state index contributed by atoms with van der Waals surface area (Å²) in [7, 11) is -2.20. The zero-order valence-electron chi connectivity index (χ0n) is 15.6. The first kappa shape index (κ1) is 19.8. The largest absolute Gasteiger partial charge is 0.383 e. The molecule has 3 aromatic rings. The first-order valence-corrected chi connectivity index (χ1v) is 11.2. The maximum absolute atomic E-state index is 13.2. The molecule has 0 aliphatic carbocycles. The number of ether oxygens (including phenoxy) is 1. The Bertz CT molecular complexity index is 1270. The van der Waals surface area contributed by atoms with Crippen LogP contribution in [-0.2, 0) is 14.6 Å². The summed E-state index contributed by atoms with van der Waals surface area (Å²) >= 11 is 3.32. The average molecular weight is 476 g/mol. The molecule has 0 saturated carbocycles. The third-order valence-electron chi connectivity index (χ3n) is 4.73. The van der Waals surface area contributed by atoms with Gasteiger partial charge in [-0.2, -0.15) is 0 Å². The van der Waals surface area contributed by atoms with Crippen LogP contribution in [0.3, 0.4) is 0 Å². The fourth-order valence-electron chi connectivity index (χ4n) is 3.24. The maximum Gasteiger partial charge on any atom is 0.267 e. The van der Waals surface area contributed by atoms with E-state index in [2.05, 4.69) is 20.9 Å². The lowest BCUT2D eigenvalue weighted by molar-refractivity contribution is 0.205. The summed E-state index contributed by atoms with van der Waals surface area (Å²) < 4.78 is 33.8. The Morgan fingerprint density at radius 2 is 1.93 bits per heavy atom. The van der Waals surface area contributed by atoms with Crippen molar-refractivity contribution in [2.45, 2.75) is 4.90 Å². The van der Waals surface area contributed by atoms with Crippen molar-refractivity contribution in [1.82, 2.24) is 9.38 Å². The molecule has 3 heterocycles. The van der Waals surface area contributed by atoms with Crippen molar-refractivity contribution in [3.63, 3.8) is 0 Å². The van der Waals surface area contributed by atoms with Crippen LogP contribution >= 0.6 is 15.9 Å². The highest BCUT2D eigenvalue weighted by Crippen LogP contribution is 2.31. The summed E-state index contributed by atoms with van der Waals surface area (Å²) in [6.45, 7) is 0.900. The van der Waals surface area contributed by atoms with Crippen molar-refractivity contribution >= 4 is 43.3 Å². The van der Waals surface area contributed by atoms with Crippen molar-refractivity contribution in [3.05, 3.63) is 74.0 Å². The Morgan fingerprint density at radius 1 is 1.17 bits per heavy atom. The fourth-order valence-corrected chi connectivity index (χ4v) is 4.90. The summed E-state index contributed by atoms with van der Waals surface area (Å²) in [5.74, 6) is 0.466. The van der Waals surface area contributed by atoms with Crippen LogP contribution in [0.4, 0.5) is 5.82 Å². The minimum Gasteiger partial charge on any atom is -0.383 e. The van der Waals surface area contributed by atoms with E-state index in [0.717, 1.165) is 4.47 Å². The van der Waals surface area contributed by atoms with Crippen molar-refractivity contribution < 1.29 is 13.2 Å². The van der Waals surface area contributed by atoms with E-state index in [-0.39, 0.29) is 27.5 Å². The van der Waals surface area contributed by atoms with Crippen LogP contribution in [0.2, 0.25) is 0 Å². The Morgan fingerprint density at radius 3 is 2.66 bits per heavy atom. The van der Waals surface area contributed by atoms with Crippen LogP contribution in [-0.4, -0.2) is 44.6 Å². The maximum atomic E-state index is 13.2. The van der Waals surface area contributed by atoms with Crippen LogP contribution in [0.1, 0.15) is 5.56 Å². The number of pyridine rings is 1. The molecule has 0 unspecified atom stereocenters. The SMILES string of the molecule is COCCN1CC(S(=O)(=O)c2ccc(Br)cc2)=Cc2c1nc1ccccn1c2=O. The Balaban J connectivity index is 1.91. The van der Waals surface area contributed by atoms with E-state index in [0.29, 0.717) is 24.6 Å². The molecule has 2 aromatic heterocycles. The normalized spacial score (nSPS) is 14.0. The number of hydrogen-bond donors (Lipinski definition) is 0. The predicted molar refractivity (Wildman–Crippen MR) is 115 cm³/mol. The highest BCUT2D eigenvalue weighted by molar-refractivity contribution is 9.10. The molecule has 1 aliphatic rings. The fraction of sp³-hybridized carbons (Fsp3) is 0.200. The minimum absolute atomic E-state index is 0.115. The van der Waals surface area contributed by atoms with Gasteiger partial charge in [0.25, 0.3) is 5.56 Å². The van der Waals surface area contributed by atoms with Gasteiger partial charge in [0, 0.05) is 24.3 Å². The number of methoxy groups -OCH3 is 1. The Labute approximate surface area is 176 Å². The quantitative estimate of drug-likeness (QED) is 0.564. The second-order valence-electron chi connectivity index (χ2n) is 6.57. The molecule has 1 aromatic carbocycles. The van der Waals surface area contributed by atoms with E-state index >= 15 is 0 Å². The molecule has 0 fully saturated rings. The number of fused-ring (bicyclic) bond motifs is 2. The molecule has 0 spiro atoms. The zero-order valence-corrected chi connectivity index (χ0v) is 18.0.